The molecule has 1 saturated heterocycles. The molecule has 0 atom stereocenters. The maximum atomic E-state index is 11.7. The van der Waals surface area contributed by atoms with Gasteiger partial charge in [0.2, 0.25) is 0 Å². The quantitative estimate of drug-likeness (QED) is 0.341. The molecule has 5 aromatic rings. The summed E-state index contributed by atoms with van der Waals surface area (Å²) < 4.78 is 0. The Balaban J connectivity index is 0.000000222. The number of para-hydroxylation sites is 1. The molecule has 10 nitrogen and oxygen atoms in total. The number of anilines is 2. The first kappa shape index (κ1) is 21.7. The SMILES string of the molecule is NC(=O)c1ccccc1N1CCN(c2cc(Cl)nc3nc[nH]c23)CC1.c1cnc2nc[nH]c2c1. The van der Waals surface area contributed by atoms with Crippen molar-refractivity contribution >= 4 is 51.2 Å². The fourth-order valence-electron chi connectivity index (χ4n) is 4.05. The number of nitrogens with zero attached hydrogens (tertiary/aromatic N) is 6. The normalized spacial score (nSPS) is 13.7. The van der Waals surface area contributed by atoms with E-state index in [2.05, 4.69) is 39.7 Å². The number of nitrogens with one attached hydrogen (secondary N) is 2. The van der Waals surface area contributed by atoms with Gasteiger partial charge in [0.25, 0.3) is 5.91 Å². The highest BCUT2D eigenvalue weighted by atomic mass is 35.5. The van der Waals surface area contributed by atoms with Crippen molar-refractivity contribution in [3.8, 4) is 0 Å². The van der Waals surface area contributed by atoms with Crippen molar-refractivity contribution in [3.63, 3.8) is 0 Å². The molecule has 172 valence electrons. The Bertz CT molecular complexity index is 1410. The van der Waals surface area contributed by atoms with Gasteiger partial charge in [-0.3, -0.25) is 4.79 Å². The Kier molecular flexibility index (Phi) is 5.96. The van der Waals surface area contributed by atoms with Gasteiger partial charge in [0, 0.05) is 44.1 Å². The molecule has 1 aromatic carbocycles. The summed E-state index contributed by atoms with van der Waals surface area (Å²) in [6, 6.07) is 13.1. The van der Waals surface area contributed by atoms with Crippen LogP contribution in [-0.4, -0.2) is 62.0 Å². The highest BCUT2D eigenvalue weighted by molar-refractivity contribution is 6.30. The summed E-state index contributed by atoms with van der Waals surface area (Å²) in [7, 11) is 0. The number of imidazole rings is 2. The van der Waals surface area contributed by atoms with Crippen LogP contribution in [0.15, 0.2) is 61.3 Å². The van der Waals surface area contributed by atoms with Gasteiger partial charge < -0.3 is 25.5 Å². The highest BCUT2D eigenvalue weighted by Gasteiger charge is 2.22. The zero-order valence-electron chi connectivity index (χ0n) is 18.1. The van der Waals surface area contributed by atoms with Crippen LogP contribution in [0.2, 0.25) is 5.15 Å². The molecule has 1 amide bonds. The van der Waals surface area contributed by atoms with E-state index in [1.807, 2.05) is 36.4 Å². The Morgan fingerprint density at radius 1 is 0.882 bits per heavy atom. The average molecular weight is 476 g/mol. The lowest BCUT2D eigenvalue weighted by Crippen LogP contribution is -2.47. The molecule has 1 fully saturated rings. The molecular formula is C23H22ClN9O. The molecule has 0 bridgehead atoms. The average Bonchev–Trinajstić information content (AvgIpc) is 3.53. The highest BCUT2D eigenvalue weighted by Crippen LogP contribution is 2.29. The molecule has 0 saturated carbocycles. The van der Waals surface area contributed by atoms with Crippen LogP contribution in [0.25, 0.3) is 22.3 Å². The van der Waals surface area contributed by atoms with Crippen LogP contribution < -0.4 is 15.5 Å². The van der Waals surface area contributed by atoms with Gasteiger partial charge in [-0.1, -0.05) is 23.7 Å². The summed E-state index contributed by atoms with van der Waals surface area (Å²) >= 11 is 6.13. The number of pyridine rings is 2. The molecule has 4 N–H and O–H groups in total. The Hall–Kier alpha value is -4.18. The Morgan fingerprint density at radius 2 is 1.59 bits per heavy atom. The molecule has 0 aliphatic carbocycles. The Morgan fingerprint density at radius 3 is 2.35 bits per heavy atom. The summed E-state index contributed by atoms with van der Waals surface area (Å²) in [6.07, 6.45) is 4.98. The molecular weight excluding hydrogens is 454 g/mol. The first-order valence-electron chi connectivity index (χ1n) is 10.7. The molecule has 1 aliphatic rings. The number of hydrogen-bond donors (Lipinski definition) is 3. The molecule has 5 heterocycles. The number of piperazine rings is 1. The van der Waals surface area contributed by atoms with E-state index >= 15 is 0 Å². The second-order valence-corrected chi connectivity index (χ2v) is 8.09. The lowest BCUT2D eigenvalue weighted by Gasteiger charge is -2.38. The second-order valence-electron chi connectivity index (χ2n) is 7.70. The van der Waals surface area contributed by atoms with Crippen molar-refractivity contribution in [1.29, 1.82) is 0 Å². The number of benzene rings is 1. The van der Waals surface area contributed by atoms with Gasteiger partial charge in [-0.25, -0.2) is 19.9 Å². The smallest absolute Gasteiger partial charge is 0.250 e. The number of carbonyl (C=O) groups excluding carboxylic acids is 1. The predicted octanol–water partition coefficient (Wildman–Crippen LogP) is 2.99. The van der Waals surface area contributed by atoms with Gasteiger partial charge in [0.1, 0.15) is 10.7 Å². The van der Waals surface area contributed by atoms with Crippen molar-refractivity contribution in [2.24, 2.45) is 5.73 Å². The van der Waals surface area contributed by atoms with Crippen molar-refractivity contribution in [1.82, 2.24) is 29.9 Å². The lowest BCUT2D eigenvalue weighted by molar-refractivity contribution is 0.100. The topological polar surface area (TPSA) is 133 Å². The minimum atomic E-state index is -0.405. The maximum Gasteiger partial charge on any atom is 0.250 e. The third kappa shape index (κ3) is 4.35. The third-order valence-corrected chi connectivity index (χ3v) is 5.86. The minimum Gasteiger partial charge on any atom is -0.367 e. The summed E-state index contributed by atoms with van der Waals surface area (Å²) in [6.45, 7) is 3.14. The van der Waals surface area contributed by atoms with Crippen LogP contribution in [0, 0.1) is 0 Å². The fourth-order valence-corrected chi connectivity index (χ4v) is 4.23. The molecule has 4 aromatic heterocycles. The maximum absolute atomic E-state index is 11.7. The number of carbonyl (C=O) groups is 1. The van der Waals surface area contributed by atoms with Gasteiger partial charge in [0.05, 0.1) is 29.4 Å². The van der Waals surface area contributed by atoms with Gasteiger partial charge in [-0.05, 0) is 24.3 Å². The van der Waals surface area contributed by atoms with Gasteiger partial charge in [-0.2, -0.15) is 0 Å². The van der Waals surface area contributed by atoms with E-state index in [9.17, 15) is 4.79 Å². The number of nitrogens with two attached hydrogens (primary N) is 1. The number of halogens is 1. The second kappa shape index (κ2) is 9.36. The summed E-state index contributed by atoms with van der Waals surface area (Å²) in [4.78, 5) is 38.5. The van der Waals surface area contributed by atoms with E-state index in [1.54, 1.807) is 24.9 Å². The standard InChI is InChI=1S/C17H17ClN6O.C6H5N3/c18-14-9-13(15-17(22-14)21-10-20-15)24-7-5-23(6-8-24)12-4-2-1-3-11(12)16(19)25;1-2-5-6(7-3-1)9-4-8-5/h1-4,9-10H,5-8H2,(H2,19,25)(H,20,21,22);1-4H,(H,7,8,9). The molecule has 0 unspecified atom stereocenters. The van der Waals surface area contributed by atoms with E-state index in [1.165, 1.54) is 0 Å². The van der Waals surface area contributed by atoms with Crippen molar-refractivity contribution in [2.75, 3.05) is 36.0 Å². The third-order valence-electron chi connectivity index (χ3n) is 5.67. The predicted molar refractivity (Wildman–Crippen MR) is 132 cm³/mol. The van der Waals surface area contributed by atoms with Crippen LogP contribution in [0.1, 0.15) is 10.4 Å². The summed E-state index contributed by atoms with van der Waals surface area (Å²) in [5, 5.41) is 0.427. The van der Waals surface area contributed by atoms with Crippen molar-refractivity contribution in [3.05, 3.63) is 72.0 Å². The molecule has 34 heavy (non-hydrogen) atoms. The van der Waals surface area contributed by atoms with Crippen molar-refractivity contribution < 1.29 is 4.79 Å². The molecule has 6 rings (SSSR count). The Labute approximate surface area is 199 Å². The fraction of sp³-hybridized carbons (Fsp3) is 0.174. The lowest BCUT2D eigenvalue weighted by atomic mass is 10.1. The van der Waals surface area contributed by atoms with Crippen LogP contribution >= 0.6 is 11.6 Å². The van der Waals surface area contributed by atoms with Gasteiger partial charge >= 0.3 is 0 Å². The number of primary amides is 1. The zero-order chi connectivity index (χ0) is 23.5. The molecule has 1 aliphatic heterocycles. The van der Waals surface area contributed by atoms with E-state index < -0.39 is 5.91 Å². The number of hydrogen-bond acceptors (Lipinski definition) is 7. The molecule has 0 radical (unpaired) electrons. The van der Waals surface area contributed by atoms with E-state index in [0.29, 0.717) is 16.4 Å². The largest absolute Gasteiger partial charge is 0.367 e. The van der Waals surface area contributed by atoms with Gasteiger partial charge in [-0.15, -0.1) is 0 Å². The number of aromatic nitrogens is 6. The number of H-pyrrole nitrogens is 2. The number of rotatable bonds is 3. The summed E-state index contributed by atoms with van der Waals surface area (Å²) in [5.41, 5.74) is 11.2. The van der Waals surface area contributed by atoms with Gasteiger partial charge in [0.15, 0.2) is 11.3 Å². The van der Waals surface area contributed by atoms with Crippen LogP contribution in [-0.2, 0) is 0 Å². The zero-order valence-corrected chi connectivity index (χ0v) is 18.9. The monoisotopic (exact) mass is 475 g/mol. The van der Waals surface area contributed by atoms with E-state index in [0.717, 1.165) is 54.2 Å². The first-order chi connectivity index (χ1) is 16.6. The minimum absolute atomic E-state index is 0.405. The molecule has 11 heteroatoms. The van der Waals surface area contributed by atoms with Crippen molar-refractivity contribution in [2.45, 2.75) is 0 Å². The van der Waals surface area contributed by atoms with E-state index in [-0.39, 0.29) is 0 Å². The molecule has 0 spiro atoms. The van der Waals surface area contributed by atoms with Crippen LogP contribution in [0.3, 0.4) is 0 Å². The van der Waals surface area contributed by atoms with Crippen LogP contribution in [0.4, 0.5) is 11.4 Å². The van der Waals surface area contributed by atoms with Crippen LogP contribution in [0.5, 0.6) is 0 Å². The first-order valence-corrected chi connectivity index (χ1v) is 11.1. The summed E-state index contributed by atoms with van der Waals surface area (Å²) in [5.74, 6) is -0.405. The number of fused-ring (bicyclic) bond motifs is 2. The number of amides is 1. The van der Waals surface area contributed by atoms with E-state index in [4.69, 9.17) is 17.3 Å². The number of aromatic amines is 2.